The minimum atomic E-state index is -0.505. The fourth-order valence-corrected chi connectivity index (χ4v) is 1.04. The van der Waals surface area contributed by atoms with Gasteiger partial charge in [-0.15, -0.1) is 0 Å². The SMILES string of the molecule is N=[N+]([O-])c1nc2c(c(=O)[nH]1)NC=CN2. The quantitative estimate of drug-likeness (QED) is 0.290. The second-order valence-corrected chi connectivity index (χ2v) is 2.53. The third-order valence-electron chi connectivity index (χ3n) is 1.63. The van der Waals surface area contributed by atoms with Crippen molar-refractivity contribution in [3.8, 4) is 0 Å². The van der Waals surface area contributed by atoms with E-state index in [-0.39, 0.29) is 22.3 Å². The zero-order valence-electron chi connectivity index (χ0n) is 6.87. The molecule has 0 saturated heterocycles. The highest BCUT2D eigenvalue weighted by Gasteiger charge is 2.18. The maximum absolute atomic E-state index is 11.3. The van der Waals surface area contributed by atoms with Gasteiger partial charge in [-0.25, -0.2) is 9.78 Å². The lowest BCUT2D eigenvalue weighted by Crippen LogP contribution is -2.19. The van der Waals surface area contributed by atoms with Crippen LogP contribution in [-0.4, -0.2) is 14.8 Å². The Hall–Kier alpha value is -2.38. The van der Waals surface area contributed by atoms with Crippen molar-refractivity contribution in [3.05, 3.63) is 28.0 Å². The highest BCUT2D eigenvalue weighted by Crippen LogP contribution is 2.18. The van der Waals surface area contributed by atoms with Crippen LogP contribution in [0.2, 0.25) is 0 Å². The van der Waals surface area contributed by atoms with Crippen LogP contribution in [0.1, 0.15) is 0 Å². The third kappa shape index (κ3) is 1.18. The summed E-state index contributed by atoms with van der Waals surface area (Å²) >= 11 is 0. The van der Waals surface area contributed by atoms with Gasteiger partial charge in [-0.2, -0.15) is 10.4 Å². The highest BCUT2D eigenvalue weighted by molar-refractivity contribution is 5.68. The molecule has 0 amide bonds. The van der Waals surface area contributed by atoms with Crippen LogP contribution in [0.15, 0.2) is 17.2 Å². The van der Waals surface area contributed by atoms with Crippen molar-refractivity contribution in [2.45, 2.75) is 0 Å². The number of nitrogens with one attached hydrogen (secondary N) is 4. The van der Waals surface area contributed by atoms with Gasteiger partial charge in [-0.05, 0) is 4.98 Å². The minimum absolute atomic E-state index is 0.220. The minimum Gasteiger partial charge on any atom is -0.722 e. The Morgan fingerprint density at radius 3 is 2.86 bits per heavy atom. The normalized spacial score (nSPS) is 12.6. The molecule has 0 unspecified atom stereocenters. The molecule has 2 heterocycles. The molecule has 1 aliphatic heterocycles. The molecule has 0 saturated carbocycles. The molecule has 0 atom stereocenters. The van der Waals surface area contributed by atoms with Gasteiger partial charge >= 0.3 is 11.5 Å². The number of aromatic amines is 1. The molecule has 0 spiro atoms. The van der Waals surface area contributed by atoms with Crippen LogP contribution >= 0.6 is 0 Å². The van der Waals surface area contributed by atoms with Crippen LogP contribution in [0, 0.1) is 10.7 Å². The standard InChI is InChI=1S/C6H6N6O2/c7-12(14)6-10-4-3(5(13)11-6)8-1-2-9-4/h1-2,7-8H,(H2,9,10,11,13). The van der Waals surface area contributed by atoms with Crippen molar-refractivity contribution in [1.82, 2.24) is 9.97 Å². The summed E-state index contributed by atoms with van der Waals surface area (Å²) in [7, 11) is 0. The van der Waals surface area contributed by atoms with Crippen LogP contribution in [0.5, 0.6) is 0 Å². The van der Waals surface area contributed by atoms with Gasteiger partial charge in [0, 0.05) is 12.4 Å². The Morgan fingerprint density at radius 2 is 2.14 bits per heavy atom. The number of fused-ring (bicyclic) bond motifs is 1. The summed E-state index contributed by atoms with van der Waals surface area (Å²) in [5.41, 5.74) is 6.43. The van der Waals surface area contributed by atoms with Crippen molar-refractivity contribution < 1.29 is 4.86 Å². The van der Waals surface area contributed by atoms with Crippen LogP contribution in [-0.2, 0) is 0 Å². The summed E-state index contributed by atoms with van der Waals surface area (Å²) in [6.07, 6.45) is 3.05. The molecule has 2 rings (SSSR count). The first-order valence-electron chi connectivity index (χ1n) is 3.69. The van der Waals surface area contributed by atoms with Crippen LogP contribution in [0.3, 0.4) is 0 Å². The van der Waals surface area contributed by atoms with E-state index in [1.54, 1.807) is 0 Å². The van der Waals surface area contributed by atoms with E-state index in [0.29, 0.717) is 0 Å². The summed E-state index contributed by atoms with van der Waals surface area (Å²) in [6.45, 7) is 0. The topological polar surface area (TPSA) is 120 Å². The first kappa shape index (κ1) is 8.23. The number of H-pyrrole nitrogens is 1. The van der Waals surface area contributed by atoms with Crippen molar-refractivity contribution in [2.75, 3.05) is 10.6 Å². The zero-order valence-corrected chi connectivity index (χ0v) is 6.87. The van der Waals surface area contributed by atoms with Crippen LogP contribution in [0.25, 0.3) is 0 Å². The molecule has 1 aromatic rings. The van der Waals surface area contributed by atoms with E-state index in [2.05, 4.69) is 20.6 Å². The number of aromatic nitrogens is 2. The molecule has 4 N–H and O–H groups in total. The van der Waals surface area contributed by atoms with Crippen molar-refractivity contribution in [2.24, 2.45) is 0 Å². The molecule has 1 aliphatic rings. The van der Waals surface area contributed by atoms with E-state index < -0.39 is 5.56 Å². The second kappa shape index (κ2) is 2.83. The molecule has 8 nitrogen and oxygen atoms in total. The van der Waals surface area contributed by atoms with Gasteiger partial charge in [0.25, 0.3) is 0 Å². The van der Waals surface area contributed by atoms with E-state index in [4.69, 9.17) is 5.53 Å². The highest BCUT2D eigenvalue weighted by atomic mass is 16.5. The van der Waals surface area contributed by atoms with Gasteiger partial charge in [0.15, 0.2) is 5.69 Å². The second-order valence-electron chi connectivity index (χ2n) is 2.53. The van der Waals surface area contributed by atoms with Gasteiger partial charge in [0.1, 0.15) is 0 Å². The summed E-state index contributed by atoms with van der Waals surface area (Å²) < 4.78 is 0. The Labute approximate surface area is 77.4 Å². The molecule has 0 radical (unpaired) electrons. The summed E-state index contributed by atoms with van der Waals surface area (Å²) in [5, 5.41) is 15.9. The largest absolute Gasteiger partial charge is 0.722 e. The molecule has 1 aromatic heterocycles. The summed E-state index contributed by atoms with van der Waals surface area (Å²) in [5.74, 6) is -0.141. The maximum atomic E-state index is 11.3. The Bertz CT molecular complexity index is 476. The molecule has 0 fully saturated rings. The monoisotopic (exact) mass is 194 g/mol. The van der Waals surface area contributed by atoms with Crippen LogP contribution in [0.4, 0.5) is 17.5 Å². The first-order valence-corrected chi connectivity index (χ1v) is 3.69. The van der Waals surface area contributed by atoms with Gasteiger partial charge in [0.05, 0.1) is 0 Å². The van der Waals surface area contributed by atoms with E-state index in [1.165, 1.54) is 12.4 Å². The fraction of sp³-hybridized carbons (Fsp3) is 0. The zero-order chi connectivity index (χ0) is 10.1. The lowest BCUT2D eigenvalue weighted by molar-refractivity contribution is -0.473. The van der Waals surface area contributed by atoms with Crippen molar-refractivity contribution >= 4 is 17.5 Å². The van der Waals surface area contributed by atoms with E-state index in [9.17, 15) is 10.0 Å². The fourth-order valence-electron chi connectivity index (χ4n) is 1.04. The third-order valence-corrected chi connectivity index (χ3v) is 1.63. The van der Waals surface area contributed by atoms with Gasteiger partial charge in [-0.3, -0.25) is 0 Å². The molecular weight excluding hydrogens is 188 g/mol. The number of rotatable bonds is 1. The van der Waals surface area contributed by atoms with Gasteiger partial charge in [0.2, 0.25) is 5.82 Å². The van der Waals surface area contributed by atoms with Crippen LogP contribution < -0.4 is 16.2 Å². The predicted octanol–water partition coefficient (Wildman–Crippen LogP) is 0.251. The van der Waals surface area contributed by atoms with Gasteiger partial charge in [-0.1, -0.05) is 0 Å². The van der Waals surface area contributed by atoms with Crippen molar-refractivity contribution in [3.63, 3.8) is 0 Å². The Morgan fingerprint density at radius 1 is 1.43 bits per heavy atom. The van der Waals surface area contributed by atoms with Crippen molar-refractivity contribution in [1.29, 1.82) is 5.53 Å². The van der Waals surface area contributed by atoms with E-state index in [0.717, 1.165) is 0 Å². The van der Waals surface area contributed by atoms with E-state index >= 15 is 0 Å². The average molecular weight is 194 g/mol. The molecule has 0 aliphatic carbocycles. The average Bonchev–Trinajstić information content (AvgIpc) is 2.17. The molecule has 0 bridgehead atoms. The lowest BCUT2D eigenvalue weighted by Gasteiger charge is -2.09. The molecule has 0 aromatic carbocycles. The molecule has 8 heteroatoms. The Balaban J connectivity index is 2.61. The molecular formula is C6H6N6O2. The lowest BCUT2D eigenvalue weighted by atomic mass is 10.4. The molecule has 72 valence electrons. The first-order chi connectivity index (χ1) is 6.68. The van der Waals surface area contributed by atoms with E-state index in [1.807, 2.05) is 0 Å². The van der Waals surface area contributed by atoms with Gasteiger partial charge < -0.3 is 15.8 Å². The predicted molar refractivity (Wildman–Crippen MR) is 47.3 cm³/mol. The summed E-state index contributed by atoms with van der Waals surface area (Å²) in [6, 6.07) is 0. The maximum Gasteiger partial charge on any atom is 0.421 e. The number of anilines is 2. The number of hydrogen-bond acceptors (Lipinski definition) is 6. The summed E-state index contributed by atoms with van der Waals surface area (Å²) in [4.78, 5) is 16.9. The number of hydrogen-bond donors (Lipinski definition) is 4. The number of nitrogens with zero attached hydrogens (tertiary/aromatic N) is 2. The smallest absolute Gasteiger partial charge is 0.421 e. The molecule has 14 heavy (non-hydrogen) atoms. The Kier molecular flexibility index (Phi) is 1.67.